The van der Waals surface area contributed by atoms with Crippen LogP contribution >= 0.6 is 0 Å². The molecule has 2 aromatic carbocycles. The van der Waals surface area contributed by atoms with Crippen molar-refractivity contribution in [2.75, 3.05) is 26.6 Å². The number of hydrogen-bond donors (Lipinski definition) is 1. The van der Waals surface area contributed by atoms with E-state index in [4.69, 9.17) is 14.2 Å². The molecule has 112 valence electrons. The second-order valence-electron chi connectivity index (χ2n) is 4.70. The third-order valence-corrected chi connectivity index (χ3v) is 3.35. The molecule has 4 nitrogen and oxygen atoms in total. The van der Waals surface area contributed by atoms with Gasteiger partial charge in [0.05, 0.1) is 21.3 Å². The molecule has 0 aliphatic rings. The van der Waals surface area contributed by atoms with Crippen molar-refractivity contribution in [1.29, 1.82) is 0 Å². The fourth-order valence-corrected chi connectivity index (χ4v) is 2.21. The van der Waals surface area contributed by atoms with E-state index in [0.717, 1.165) is 11.3 Å². The zero-order valence-electron chi connectivity index (χ0n) is 12.9. The molecule has 0 saturated carbocycles. The van der Waals surface area contributed by atoms with Gasteiger partial charge in [0.2, 0.25) is 5.75 Å². The summed E-state index contributed by atoms with van der Waals surface area (Å²) in [7, 11) is 4.84. The van der Waals surface area contributed by atoms with E-state index in [9.17, 15) is 0 Å². The number of hydrogen-bond acceptors (Lipinski definition) is 4. The summed E-state index contributed by atoms with van der Waals surface area (Å²) in [5.41, 5.74) is 3.39. The molecule has 0 unspecified atom stereocenters. The number of ether oxygens (including phenoxy) is 3. The number of benzene rings is 2. The summed E-state index contributed by atoms with van der Waals surface area (Å²) in [6, 6.07) is 12.1. The van der Waals surface area contributed by atoms with Crippen molar-refractivity contribution in [1.82, 2.24) is 0 Å². The molecule has 0 amide bonds. The molecule has 0 saturated heterocycles. The van der Waals surface area contributed by atoms with Crippen LogP contribution in [0.3, 0.4) is 0 Å². The highest BCUT2D eigenvalue weighted by Gasteiger charge is 2.13. The highest BCUT2D eigenvalue weighted by Crippen LogP contribution is 2.38. The molecule has 0 aromatic heterocycles. The Bertz CT molecular complexity index is 586. The molecule has 2 rings (SSSR count). The summed E-state index contributed by atoms with van der Waals surface area (Å²) in [5.74, 6) is 1.94. The third kappa shape index (κ3) is 3.40. The van der Waals surface area contributed by atoms with Crippen LogP contribution in [0.1, 0.15) is 11.1 Å². The quantitative estimate of drug-likeness (QED) is 0.880. The second kappa shape index (κ2) is 6.88. The lowest BCUT2D eigenvalue weighted by Gasteiger charge is -2.15. The first-order chi connectivity index (χ1) is 10.2. The van der Waals surface area contributed by atoms with Crippen LogP contribution in [-0.4, -0.2) is 21.3 Å². The van der Waals surface area contributed by atoms with Crippen LogP contribution in [0.5, 0.6) is 17.2 Å². The van der Waals surface area contributed by atoms with Crippen LogP contribution in [0.25, 0.3) is 0 Å². The summed E-state index contributed by atoms with van der Waals surface area (Å²) in [6.07, 6.45) is 0. The molecule has 0 bridgehead atoms. The van der Waals surface area contributed by atoms with Gasteiger partial charge in [-0.1, -0.05) is 18.2 Å². The van der Waals surface area contributed by atoms with Gasteiger partial charge in [-0.2, -0.15) is 0 Å². The fourth-order valence-electron chi connectivity index (χ4n) is 2.21. The smallest absolute Gasteiger partial charge is 0.203 e. The predicted molar refractivity (Wildman–Crippen MR) is 84.6 cm³/mol. The Morgan fingerprint density at radius 1 is 0.905 bits per heavy atom. The number of rotatable bonds is 6. The number of methoxy groups -OCH3 is 3. The van der Waals surface area contributed by atoms with Crippen molar-refractivity contribution >= 4 is 5.69 Å². The lowest BCUT2D eigenvalue weighted by atomic mass is 10.1. The predicted octanol–water partition coefficient (Wildman–Crippen LogP) is 3.63. The minimum Gasteiger partial charge on any atom is -0.493 e. The minimum atomic E-state index is 0.611. The standard InChI is InChI=1S/C17H21NO3/c1-12-7-5-6-8-14(12)18-11-13-9-15(19-2)17(21-4)16(10-13)20-3/h5-10,18H,11H2,1-4H3. The SMILES string of the molecule is COc1cc(CNc2ccccc2C)cc(OC)c1OC. The molecular weight excluding hydrogens is 266 g/mol. The molecule has 0 aliphatic heterocycles. The van der Waals surface area contributed by atoms with E-state index in [1.165, 1.54) is 5.56 Å². The Labute approximate surface area is 125 Å². The van der Waals surface area contributed by atoms with Crippen molar-refractivity contribution < 1.29 is 14.2 Å². The first-order valence-electron chi connectivity index (χ1n) is 6.78. The molecule has 0 aliphatic carbocycles. The maximum absolute atomic E-state index is 5.36. The van der Waals surface area contributed by atoms with Gasteiger partial charge in [0, 0.05) is 12.2 Å². The maximum atomic E-state index is 5.36. The average molecular weight is 287 g/mol. The van der Waals surface area contributed by atoms with Crippen molar-refractivity contribution in [2.45, 2.75) is 13.5 Å². The van der Waals surface area contributed by atoms with Gasteiger partial charge >= 0.3 is 0 Å². The van der Waals surface area contributed by atoms with E-state index in [-0.39, 0.29) is 0 Å². The lowest BCUT2D eigenvalue weighted by Crippen LogP contribution is -2.03. The van der Waals surface area contributed by atoms with Gasteiger partial charge in [-0.05, 0) is 36.2 Å². The summed E-state index contributed by atoms with van der Waals surface area (Å²) in [6.45, 7) is 2.76. The summed E-state index contributed by atoms with van der Waals surface area (Å²) in [4.78, 5) is 0. The molecule has 0 fully saturated rings. The van der Waals surface area contributed by atoms with E-state index < -0.39 is 0 Å². The topological polar surface area (TPSA) is 39.7 Å². The Morgan fingerprint density at radius 3 is 2.05 bits per heavy atom. The molecular formula is C17H21NO3. The van der Waals surface area contributed by atoms with Crippen LogP contribution in [0.15, 0.2) is 36.4 Å². The van der Waals surface area contributed by atoms with Crippen LogP contribution in [0.4, 0.5) is 5.69 Å². The van der Waals surface area contributed by atoms with Crippen LogP contribution in [0.2, 0.25) is 0 Å². The minimum absolute atomic E-state index is 0.611. The molecule has 0 radical (unpaired) electrons. The molecule has 21 heavy (non-hydrogen) atoms. The number of nitrogens with one attached hydrogen (secondary N) is 1. The largest absolute Gasteiger partial charge is 0.493 e. The zero-order chi connectivity index (χ0) is 15.2. The van der Waals surface area contributed by atoms with E-state index in [1.807, 2.05) is 24.3 Å². The second-order valence-corrected chi connectivity index (χ2v) is 4.70. The summed E-state index contributed by atoms with van der Waals surface area (Å²) >= 11 is 0. The van der Waals surface area contributed by atoms with E-state index in [2.05, 4.69) is 24.4 Å². The van der Waals surface area contributed by atoms with Gasteiger partial charge in [-0.3, -0.25) is 0 Å². The normalized spacial score (nSPS) is 10.1. The van der Waals surface area contributed by atoms with Gasteiger partial charge in [-0.25, -0.2) is 0 Å². The van der Waals surface area contributed by atoms with Gasteiger partial charge in [-0.15, -0.1) is 0 Å². The van der Waals surface area contributed by atoms with Crippen LogP contribution < -0.4 is 19.5 Å². The van der Waals surface area contributed by atoms with Crippen molar-refractivity contribution in [3.05, 3.63) is 47.5 Å². The first kappa shape index (κ1) is 15.0. The average Bonchev–Trinajstić information content (AvgIpc) is 2.52. The summed E-state index contributed by atoms with van der Waals surface area (Å²) in [5, 5.41) is 3.42. The lowest BCUT2D eigenvalue weighted by molar-refractivity contribution is 0.324. The third-order valence-electron chi connectivity index (χ3n) is 3.35. The fraction of sp³-hybridized carbons (Fsp3) is 0.294. The van der Waals surface area contributed by atoms with Crippen molar-refractivity contribution in [3.63, 3.8) is 0 Å². The number of anilines is 1. The molecule has 1 N–H and O–H groups in total. The van der Waals surface area contributed by atoms with Gasteiger partial charge in [0.15, 0.2) is 11.5 Å². The Hall–Kier alpha value is -2.36. The summed E-state index contributed by atoms with van der Waals surface area (Å²) < 4.78 is 16.0. The molecule has 0 atom stereocenters. The molecule has 2 aromatic rings. The molecule has 0 spiro atoms. The van der Waals surface area contributed by atoms with Crippen molar-refractivity contribution in [3.8, 4) is 17.2 Å². The zero-order valence-corrected chi connectivity index (χ0v) is 12.9. The highest BCUT2D eigenvalue weighted by atomic mass is 16.5. The van der Waals surface area contributed by atoms with Crippen LogP contribution in [0, 0.1) is 6.92 Å². The number of para-hydroxylation sites is 1. The maximum Gasteiger partial charge on any atom is 0.203 e. The Kier molecular flexibility index (Phi) is 4.93. The Morgan fingerprint density at radius 2 is 1.52 bits per heavy atom. The Balaban J connectivity index is 2.22. The van der Waals surface area contributed by atoms with Crippen LogP contribution in [-0.2, 0) is 6.54 Å². The van der Waals surface area contributed by atoms with E-state index in [1.54, 1.807) is 21.3 Å². The van der Waals surface area contributed by atoms with Gasteiger partial charge < -0.3 is 19.5 Å². The molecule has 4 heteroatoms. The first-order valence-corrected chi connectivity index (χ1v) is 6.78. The van der Waals surface area contributed by atoms with E-state index >= 15 is 0 Å². The monoisotopic (exact) mass is 287 g/mol. The highest BCUT2D eigenvalue weighted by molar-refractivity contribution is 5.55. The van der Waals surface area contributed by atoms with Gasteiger partial charge in [0.25, 0.3) is 0 Å². The van der Waals surface area contributed by atoms with E-state index in [0.29, 0.717) is 23.8 Å². The molecule has 0 heterocycles. The number of aryl methyl sites for hydroxylation is 1. The van der Waals surface area contributed by atoms with Gasteiger partial charge in [0.1, 0.15) is 0 Å². The van der Waals surface area contributed by atoms with Crippen molar-refractivity contribution in [2.24, 2.45) is 0 Å².